The van der Waals surface area contributed by atoms with Crippen molar-refractivity contribution in [3.63, 3.8) is 0 Å². The number of hydrogen-bond acceptors (Lipinski definition) is 5. The van der Waals surface area contributed by atoms with Gasteiger partial charge in [-0.1, -0.05) is 23.4 Å². The first-order valence-electron chi connectivity index (χ1n) is 8.13. The van der Waals surface area contributed by atoms with Gasteiger partial charge in [0.05, 0.1) is 19.7 Å². The summed E-state index contributed by atoms with van der Waals surface area (Å²) in [4.78, 5) is 16.0. The average molecular weight is 346 g/mol. The molecule has 0 aliphatic rings. The summed E-state index contributed by atoms with van der Waals surface area (Å²) in [5, 5.41) is 6.88. The summed E-state index contributed by atoms with van der Waals surface area (Å²) >= 11 is 0. The monoisotopic (exact) mass is 346 g/mol. The van der Waals surface area contributed by atoms with Crippen LogP contribution in [-0.2, 0) is 6.54 Å². The van der Waals surface area contributed by atoms with Crippen LogP contribution >= 0.6 is 0 Å². The van der Waals surface area contributed by atoms with E-state index in [-0.39, 0.29) is 12.1 Å². The molecule has 1 N–H and O–H groups in total. The number of benzene rings is 1. The number of likely N-dealkylation sites (N-methyl/N-ethyl adjacent to an activating group) is 1. The topological polar surface area (TPSA) is 70.8 Å². The lowest BCUT2D eigenvalue weighted by atomic mass is 10.0. The van der Waals surface area contributed by atoms with Crippen LogP contribution in [0.2, 0.25) is 0 Å². The van der Waals surface area contributed by atoms with Gasteiger partial charge < -0.3 is 24.4 Å². The molecule has 1 aromatic heterocycles. The molecule has 0 radical (unpaired) electrons. The molecule has 0 spiro atoms. The van der Waals surface area contributed by atoms with Crippen molar-refractivity contribution in [1.29, 1.82) is 0 Å². The van der Waals surface area contributed by atoms with Crippen molar-refractivity contribution in [2.75, 3.05) is 34.8 Å². The van der Waals surface area contributed by atoms with Crippen molar-refractivity contribution < 1.29 is 14.1 Å². The summed E-state index contributed by atoms with van der Waals surface area (Å²) < 4.78 is 10.5. The number of methoxy groups -OCH3 is 1. The van der Waals surface area contributed by atoms with Gasteiger partial charge in [0.25, 0.3) is 0 Å². The Hall–Kier alpha value is -2.54. The average Bonchev–Trinajstić information content (AvgIpc) is 2.99. The number of aryl methyl sites for hydroxylation is 1. The predicted molar refractivity (Wildman–Crippen MR) is 95.5 cm³/mol. The number of hydrogen-bond donors (Lipinski definition) is 1. The van der Waals surface area contributed by atoms with Gasteiger partial charge in [-0.3, -0.25) is 0 Å². The van der Waals surface area contributed by atoms with Crippen molar-refractivity contribution in [2.45, 2.75) is 19.5 Å². The van der Waals surface area contributed by atoms with Crippen molar-refractivity contribution in [3.05, 3.63) is 47.3 Å². The van der Waals surface area contributed by atoms with E-state index in [1.54, 1.807) is 19.1 Å². The van der Waals surface area contributed by atoms with E-state index in [0.29, 0.717) is 13.1 Å². The minimum atomic E-state index is -0.164. The van der Waals surface area contributed by atoms with Gasteiger partial charge in [0.1, 0.15) is 17.2 Å². The molecule has 0 unspecified atom stereocenters. The zero-order valence-corrected chi connectivity index (χ0v) is 15.4. The number of carbonyl (C=O) groups is 1. The summed E-state index contributed by atoms with van der Waals surface area (Å²) in [6, 6.07) is 9.49. The number of urea groups is 1. The number of aromatic nitrogens is 1. The fraction of sp³-hybridized carbons (Fsp3) is 0.444. The molecule has 0 bridgehead atoms. The lowest BCUT2D eigenvalue weighted by Gasteiger charge is -2.27. The Labute approximate surface area is 148 Å². The standard InChI is InChI=1S/C18H26N4O3/c1-13-10-14(20-25-13)12-22(4)18(23)19-11-16(21(2)3)15-8-6-7-9-17(15)24-5/h6-10,16H,11-12H2,1-5H3,(H,19,23)/t16-/m1/s1. The van der Waals surface area contributed by atoms with Crippen LogP contribution in [0, 0.1) is 6.92 Å². The van der Waals surface area contributed by atoms with Crippen LogP contribution in [-0.4, -0.2) is 55.8 Å². The van der Waals surface area contributed by atoms with Crippen LogP contribution in [0.1, 0.15) is 23.1 Å². The third-order valence-corrected chi connectivity index (χ3v) is 3.99. The van der Waals surface area contributed by atoms with E-state index in [1.807, 2.05) is 51.4 Å². The Kier molecular flexibility index (Phi) is 6.41. The molecule has 2 amide bonds. The van der Waals surface area contributed by atoms with E-state index in [0.717, 1.165) is 22.8 Å². The predicted octanol–water partition coefficient (Wildman–Crippen LogP) is 2.44. The van der Waals surface area contributed by atoms with Gasteiger partial charge in [0.15, 0.2) is 0 Å². The highest BCUT2D eigenvalue weighted by Gasteiger charge is 2.20. The van der Waals surface area contributed by atoms with Gasteiger partial charge in [0.2, 0.25) is 0 Å². The summed E-state index contributed by atoms with van der Waals surface area (Å²) in [5.41, 5.74) is 1.76. The van der Waals surface area contributed by atoms with Gasteiger partial charge in [-0.2, -0.15) is 0 Å². The minimum Gasteiger partial charge on any atom is -0.496 e. The highest BCUT2D eigenvalue weighted by molar-refractivity contribution is 5.73. The Morgan fingerprint density at radius 3 is 2.64 bits per heavy atom. The van der Waals surface area contributed by atoms with Crippen LogP contribution in [0.4, 0.5) is 4.79 Å². The Balaban J connectivity index is 1.99. The zero-order chi connectivity index (χ0) is 18.4. The first kappa shape index (κ1) is 18.8. The van der Waals surface area contributed by atoms with E-state index in [9.17, 15) is 4.79 Å². The Bertz CT molecular complexity index is 699. The van der Waals surface area contributed by atoms with Gasteiger partial charge >= 0.3 is 6.03 Å². The first-order chi connectivity index (χ1) is 11.9. The first-order valence-corrected chi connectivity index (χ1v) is 8.13. The molecule has 136 valence electrons. The maximum absolute atomic E-state index is 12.4. The highest BCUT2D eigenvalue weighted by atomic mass is 16.5. The lowest BCUT2D eigenvalue weighted by molar-refractivity contribution is 0.199. The van der Waals surface area contributed by atoms with Gasteiger partial charge in [-0.05, 0) is 27.1 Å². The SMILES string of the molecule is COc1ccccc1[C@@H](CNC(=O)N(C)Cc1cc(C)on1)N(C)C. The summed E-state index contributed by atoms with van der Waals surface area (Å²) in [6.45, 7) is 2.68. The van der Waals surface area contributed by atoms with Crippen molar-refractivity contribution in [1.82, 2.24) is 20.3 Å². The third kappa shape index (κ3) is 4.96. The minimum absolute atomic E-state index is 0.00259. The van der Waals surface area contributed by atoms with E-state index >= 15 is 0 Å². The summed E-state index contributed by atoms with van der Waals surface area (Å²) in [6.07, 6.45) is 0. The molecule has 25 heavy (non-hydrogen) atoms. The number of rotatable bonds is 7. The zero-order valence-electron chi connectivity index (χ0n) is 15.4. The quantitative estimate of drug-likeness (QED) is 0.834. The second-order valence-electron chi connectivity index (χ2n) is 6.19. The third-order valence-electron chi connectivity index (χ3n) is 3.99. The number of nitrogens with one attached hydrogen (secondary N) is 1. The number of carbonyl (C=O) groups excluding carboxylic acids is 1. The van der Waals surface area contributed by atoms with Gasteiger partial charge in [-0.25, -0.2) is 4.79 Å². The van der Waals surface area contributed by atoms with Crippen molar-refractivity contribution in [3.8, 4) is 5.75 Å². The Morgan fingerprint density at radius 2 is 2.04 bits per heavy atom. The van der Waals surface area contributed by atoms with E-state index in [2.05, 4.69) is 15.4 Å². The van der Waals surface area contributed by atoms with Gasteiger partial charge in [-0.15, -0.1) is 0 Å². The molecule has 1 atom stereocenters. The van der Waals surface area contributed by atoms with Crippen LogP contribution in [0.15, 0.2) is 34.9 Å². The van der Waals surface area contributed by atoms with Crippen LogP contribution in [0.3, 0.4) is 0 Å². The van der Waals surface area contributed by atoms with Crippen LogP contribution < -0.4 is 10.1 Å². The second-order valence-corrected chi connectivity index (χ2v) is 6.19. The molecule has 0 saturated heterocycles. The molecule has 0 fully saturated rings. The summed E-state index contributed by atoms with van der Waals surface area (Å²) in [7, 11) is 7.33. The molecule has 2 rings (SSSR count). The normalized spacial score (nSPS) is 12.1. The Morgan fingerprint density at radius 1 is 1.32 bits per heavy atom. The largest absolute Gasteiger partial charge is 0.496 e. The van der Waals surface area contributed by atoms with Crippen molar-refractivity contribution in [2.24, 2.45) is 0 Å². The molecule has 2 aromatic rings. The van der Waals surface area contributed by atoms with Crippen LogP contribution in [0.5, 0.6) is 5.75 Å². The fourth-order valence-corrected chi connectivity index (χ4v) is 2.64. The number of para-hydroxylation sites is 1. The molecule has 1 heterocycles. The number of amides is 2. The van der Waals surface area contributed by atoms with E-state index in [1.165, 1.54) is 0 Å². The smallest absolute Gasteiger partial charge is 0.317 e. The number of nitrogens with zero attached hydrogens (tertiary/aromatic N) is 3. The molecular weight excluding hydrogens is 320 g/mol. The fourth-order valence-electron chi connectivity index (χ4n) is 2.64. The maximum atomic E-state index is 12.4. The lowest BCUT2D eigenvalue weighted by Crippen LogP contribution is -2.41. The summed E-state index contributed by atoms with van der Waals surface area (Å²) in [5.74, 6) is 1.54. The molecule has 0 aliphatic heterocycles. The van der Waals surface area contributed by atoms with E-state index in [4.69, 9.17) is 9.26 Å². The molecule has 7 heteroatoms. The maximum Gasteiger partial charge on any atom is 0.317 e. The second kappa shape index (κ2) is 8.53. The highest BCUT2D eigenvalue weighted by Crippen LogP contribution is 2.27. The molecule has 1 aromatic carbocycles. The molecule has 7 nitrogen and oxygen atoms in total. The van der Waals surface area contributed by atoms with Gasteiger partial charge in [0, 0.05) is 25.2 Å². The van der Waals surface area contributed by atoms with Crippen molar-refractivity contribution >= 4 is 6.03 Å². The molecule has 0 aliphatic carbocycles. The van der Waals surface area contributed by atoms with E-state index < -0.39 is 0 Å². The molecule has 0 saturated carbocycles. The number of ether oxygens (including phenoxy) is 1. The molecular formula is C18H26N4O3. The van der Waals surface area contributed by atoms with Crippen LogP contribution in [0.25, 0.3) is 0 Å².